The van der Waals surface area contributed by atoms with Crippen LogP contribution >= 0.6 is 23.1 Å². The van der Waals surface area contributed by atoms with Gasteiger partial charge in [0.2, 0.25) is 0 Å². The number of hydrogen-bond acceptors (Lipinski definition) is 7. The van der Waals surface area contributed by atoms with Gasteiger partial charge in [0.25, 0.3) is 5.91 Å². The summed E-state index contributed by atoms with van der Waals surface area (Å²) >= 11 is 3.26. The third-order valence-electron chi connectivity index (χ3n) is 4.59. The van der Waals surface area contributed by atoms with Crippen LogP contribution in [0.15, 0.2) is 71.1 Å². The van der Waals surface area contributed by atoms with Gasteiger partial charge in [0.1, 0.15) is 5.75 Å². The second kappa shape index (κ2) is 10.4. The number of thiazole rings is 1. The number of nitrogens with zero attached hydrogens (tertiary/aromatic N) is 1. The molecule has 0 aliphatic rings. The summed E-state index contributed by atoms with van der Waals surface area (Å²) in [4.78, 5) is 17.3. The van der Waals surface area contributed by atoms with Gasteiger partial charge in [0.05, 0.1) is 31.0 Å². The quantitative estimate of drug-likeness (QED) is 0.251. The van der Waals surface area contributed by atoms with Crippen molar-refractivity contribution in [2.75, 3.05) is 31.9 Å². The molecule has 0 radical (unpaired) electrons. The molecule has 8 heteroatoms. The van der Waals surface area contributed by atoms with Crippen molar-refractivity contribution >= 4 is 44.9 Å². The molecule has 6 nitrogen and oxygen atoms in total. The Morgan fingerprint density at radius 3 is 2.59 bits per heavy atom. The van der Waals surface area contributed by atoms with Crippen LogP contribution in [0.25, 0.3) is 10.2 Å². The first-order chi connectivity index (χ1) is 15.7. The van der Waals surface area contributed by atoms with E-state index < -0.39 is 0 Å². The highest BCUT2D eigenvalue weighted by molar-refractivity contribution is 8.01. The standard InChI is InChI=1S/C24H22N2O4S2/c1-28-20-11-8-16(14-21(20)29-2)23(27)25-17-9-10-19-22(15-17)32-24(26-19)31-13-12-30-18-6-4-3-5-7-18/h3-11,14-15H,12-13H2,1-2H3,(H,25,27). The van der Waals surface area contributed by atoms with Crippen LogP contribution in [0.5, 0.6) is 17.2 Å². The molecular weight excluding hydrogens is 444 g/mol. The molecule has 4 aromatic rings. The highest BCUT2D eigenvalue weighted by Gasteiger charge is 2.12. The van der Waals surface area contributed by atoms with Crippen LogP contribution in [-0.2, 0) is 0 Å². The average molecular weight is 467 g/mol. The van der Waals surface area contributed by atoms with E-state index in [1.165, 1.54) is 0 Å². The second-order valence-corrected chi connectivity index (χ2v) is 9.07. The predicted octanol–water partition coefficient (Wildman–Crippen LogP) is 5.74. The van der Waals surface area contributed by atoms with E-state index in [1.807, 2.05) is 48.5 Å². The first-order valence-corrected chi connectivity index (χ1v) is 11.7. The highest BCUT2D eigenvalue weighted by atomic mass is 32.2. The molecule has 0 aliphatic carbocycles. The van der Waals surface area contributed by atoms with Crippen molar-refractivity contribution in [3.05, 3.63) is 72.3 Å². The Hall–Kier alpha value is -3.23. The maximum absolute atomic E-state index is 12.7. The van der Waals surface area contributed by atoms with Gasteiger partial charge in [-0.15, -0.1) is 11.3 Å². The predicted molar refractivity (Wildman–Crippen MR) is 130 cm³/mol. The number of amides is 1. The van der Waals surface area contributed by atoms with E-state index in [2.05, 4.69) is 10.3 Å². The lowest BCUT2D eigenvalue weighted by Crippen LogP contribution is -2.12. The van der Waals surface area contributed by atoms with Gasteiger partial charge in [0.15, 0.2) is 15.8 Å². The van der Waals surface area contributed by atoms with Gasteiger partial charge in [-0.3, -0.25) is 4.79 Å². The smallest absolute Gasteiger partial charge is 0.255 e. The van der Waals surface area contributed by atoms with E-state index in [-0.39, 0.29) is 5.91 Å². The van der Waals surface area contributed by atoms with Crippen LogP contribution in [0.1, 0.15) is 10.4 Å². The number of rotatable bonds is 9. The molecule has 0 spiro atoms. The lowest BCUT2D eigenvalue weighted by Gasteiger charge is -2.10. The van der Waals surface area contributed by atoms with Gasteiger partial charge >= 0.3 is 0 Å². The lowest BCUT2D eigenvalue weighted by atomic mass is 10.2. The van der Waals surface area contributed by atoms with Crippen molar-refractivity contribution < 1.29 is 19.0 Å². The van der Waals surface area contributed by atoms with Crippen LogP contribution in [0.2, 0.25) is 0 Å². The number of methoxy groups -OCH3 is 2. The maximum Gasteiger partial charge on any atom is 0.255 e. The average Bonchev–Trinajstić information content (AvgIpc) is 3.24. The number of benzene rings is 3. The second-order valence-electron chi connectivity index (χ2n) is 6.70. The number of aromatic nitrogens is 1. The van der Waals surface area contributed by atoms with Gasteiger partial charge < -0.3 is 19.5 Å². The van der Waals surface area contributed by atoms with Crippen LogP contribution in [0.3, 0.4) is 0 Å². The number of ether oxygens (including phenoxy) is 3. The molecule has 0 atom stereocenters. The fourth-order valence-electron chi connectivity index (χ4n) is 3.03. The van der Waals surface area contributed by atoms with Crippen LogP contribution in [0, 0.1) is 0 Å². The number of nitrogens with one attached hydrogen (secondary N) is 1. The number of carbonyl (C=O) groups excluding carboxylic acids is 1. The number of para-hydroxylation sites is 1. The van der Waals surface area contributed by atoms with Crippen molar-refractivity contribution in [3.63, 3.8) is 0 Å². The Labute approximate surface area is 194 Å². The van der Waals surface area contributed by atoms with Gasteiger partial charge in [-0.2, -0.15) is 0 Å². The highest BCUT2D eigenvalue weighted by Crippen LogP contribution is 2.32. The van der Waals surface area contributed by atoms with Crippen molar-refractivity contribution in [1.29, 1.82) is 0 Å². The Morgan fingerprint density at radius 2 is 1.81 bits per heavy atom. The molecule has 0 aliphatic heterocycles. The summed E-state index contributed by atoms with van der Waals surface area (Å²) in [6.45, 7) is 0.608. The van der Waals surface area contributed by atoms with Gasteiger partial charge in [-0.1, -0.05) is 30.0 Å². The van der Waals surface area contributed by atoms with Crippen molar-refractivity contribution in [1.82, 2.24) is 4.98 Å². The molecule has 0 saturated carbocycles. The fourth-order valence-corrected chi connectivity index (χ4v) is 5.02. The summed E-state index contributed by atoms with van der Waals surface area (Å²) in [5.74, 6) is 2.54. The molecule has 32 heavy (non-hydrogen) atoms. The normalized spacial score (nSPS) is 10.7. The minimum Gasteiger partial charge on any atom is -0.493 e. The Morgan fingerprint density at radius 1 is 1.00 bits per heavy atom. The monoisotopic (exact) mass is 466 g/mol. The van der Waals surface area contributed by atoms with Gasteiger partial charge in [-0.25, -0.2) is 4.98 Å². The molecule has 1 heterocycles. The summed E-state index contributed by atoms with van der Waals surface area (Å²) < 4.78 is 18.2. The van der Waals surface area contributed by atoms with E-state index in [4.69, 9.17) is 14.2 Å². The number of fused-ring (bicyclic) bond motifs is 1. The number of carbonyl (C=O) groups is 1. The molecule has 0 saturated heterocycles. The zero-order chi connectivity index (χ0) is 22.3. The zero-order valence-electron chi connectivity index (χ0n) is 17.7. The first kappa shape index (κ1) is 22.0. The molecule has 164 valence electrons. The number of anilines is 1. The van der Waals surface area contributed by atoms with E-state index in [0.717, 1.165) is 26.1 Å². The third-order valence-corrected chi connectivity index (χ3v) is 6.72. The summed E-state index contributed by atoms with van der Waals surface area (Å²) in [7, 11) is 3.10. The van der Waals surface area contributed by atoms with Gasteiger partial charge in [0, 0.05) is 17.0 Å². The summed E-state index contributed by atoms with van der Waals surface area (Å²) in [6.07, 6.45) is 0. The Balaban J connectivity index is 1.37. The summed E-state index contributed by atoms with van der Waals surface area (Å²) in [5.41, 5.74) is 2.11. The molecule has 0 fully saturated rings. The zero-order valence-corrected chi connectivity index (χ0v) is 19.3. The van der Waals surface area contributed by atoms with E-state index in [9.17, 15) is 4.79 Å². The van der Waals surface area contributed by atoms with Crippen molar-refractivity contribution in [3.8, 4) is 17.2 Å². The van der Waals surface area contributed by atoms with E-state index >= 15 is 0 Å². The van der Waals surface area contributed by atoms with E-state index in [1.54, 1.807) is 55.5 Å². The molecule has 1 aromatic heterocycles. The maximum atomic E-state index is 12.7. The summed E-state index contributed by atoms with van der Waals surface area (Å²) in [6, 6.07) is 20.6. The lowest BCUT2D eigenvalue weighted by molar-refractivity contribution is 0.102. The topological polar surface area (TPSA) is 69.7 Å². The molecular formula is C24H22N2O4S2. The van der Waals surface area contributed by atoms with Crippen molar-refractivity contribution in [2.45, 2.75) is 4.34 Å². The Bertz CT molecular complexity index is 1210. The molecule has 4 rings (SSSR count). The van der Waals surface area contributed by atoms with Crippen molar-refractivity contribution in [2.24, 2.45) is 0 Å². The first-order valence-electron chi connectivity index (χ1n) is 9.91. The molecule has 0 unspecified atom stereocenters. The third kappa shape index (κ3) is 5.33. The molecule has 0 bridgehead atoms. The number of hydrogen-bond donors (Lipinski definition) is 1. The molecule has 3 aromatic carbocycles. The minimum absolute atomic E-state index is 0.220. The molecule has 1 amide bonds. The van der Waals surface area contributed by atoms with Crippen LogP contribution < -0.4 is 19.5 Å². The van der Waals surface area contributed by atoms with Crippen LogP contribution in [0.4, 0.5) is 5.69 Å². The number of thioether (sulfide) groups is 1. The Kier molecular flexibility index (Phi) is 7.14. The van der Waals surface area contributed by atoms with Crippen LogP contribution in [-0.4, -0.2) is 37.5 Å². The van der Waals surface area contributed by atoms with E-state index in [0.29, 0.717) is 29.4 Å². The minimum atomic E-state index is -0.220. The molecule has 1 N–H and O–H groups in total. The summed E-state index contributed by atoms with van der Waals surface area (Å²) in [5, 5.41) is 2.94. The van der Waals surface area contributed by atoms with Gasteiger partial charge in [-0.05, 0) is 48.5 Å². The largest absolute Gasteiger partial charge is 0.493 e. The SMILES string of the molecule is COc1ccc(C(=O)Nc2ccc3nc(SCCOc4ccccc4)sc3c2)cc1OC. The fraction of sp³-hybridized carbons (Fsp3) is 0.167.